The Balaban J connectivity index is 4.30. The van der Waals surface area contributed by atoms with Crippen LogP contribution >= 0.6 is 0 Å². The van der Waals surface area contributed by atoms with Crippen LogP contribution in [-0.4, -0.2) is 37.2 Å². The van der Waals surface area contributed by atoms with Crippen molar-refractivity contribution in [3.63, 3.8) is 0 Å². The Morgan fingerprint density at radius 2 is 0.500 bits per heavy atom. The summed E-state index contributed by atoms with van der Waals surface area (Å²) in [7, 11) is 0. The molecule has 82 heavy (non-hydrogen) atoms. The minimum Gasteiger partial charge on any atom is -0.462 e. The van der Waals surface area contributed by atoms with Crippen LogP contribution in [-0.2, 0) is 28.6 Å². The molecule has 0 bridgehead atoms. The third kappa shape index (κ3) is 66.6. The van der Waals surface area contributed by atoms with Crippen LogP contribution in [0.5, 0.6) is 0 Å². The second kappa shape index (κ2) is 69.3. The van der Waals surface area contributed by atoms with Gasteiger partial charge in [-0.25, -0.2) is 0 Å². The molecule has 0 saturated carbocycles. The van der Waals surface area contributed by atoms with Crippen molar-refractivity contribution < 1.29 is 28.6 Å². The maximum absolute atomic E-state index is 12.9. The third-order valence-electron chi connectivity index (χ3n) is 14.7. The first-order valence-electron chi connectivity index (χ1n) is 34.5. The fourth-order valence-electron chi connectivity index (χ4n) is 9.64. The number of hydrogen-bond acceptors (Lipinski definition) is 6. The van der Waals surface area contributed by atoms with E-state index in [4.69, 9.17) is 14.2 Å². The van der Waals surface area contributed by atoms with Gasteiger partial charge in [0.25, 0.3) is 0 Å². The maximum atomic E-state index is 12.9. The summed E-state index contributed by atoms with van der Waals surface area (Å²) in [4.78, 5) is 38.3. The largest absolute Gasteiger partial charge is 0.462 e. The zero-order valence-electron chi connectivity index (χ0n) is 53.7. The monoisotopic (exact) mass is 1140 g/mol. The van der Waals surface area contributed by atoms with Crippen LogP contribution in [0.15, 0.2) is 122 Å². The first-order chi connectivity index (χ1) is 40.5. The quantitative estimate of drug-likeness (QED) is 0.0261. The third-order valence-corrected chi connectivity index (χ3v) is 14.7. The molecule has 0 heterocycles. The highest BCUT2D eigenvalue weighted by Gasteiger charge is 2.19. The number of unbranched alkanes of at least 4 members (excludes halogenated alkanes) is 31. The summed E-state index contributed by atoms with van der Waals surface area (Å²) in [6.07, 6.45) is 96.7. The van der Waals surface area contributed by atoms with E-state index in [2.05, 4.69) is 136 Å². The van der Waals surface area contributed by atoms with E-state index in [0.29, 0.717) is 19.3 Å². The van der Waals surface area contributed by atoms with Crippen LogP contribution in [0.1, 0.15) is 323 Å². The number of allylic oxidation sites excluding steroid dienone is 20. The van der Waals surface area contributed by atoms with Gasteiger partial charge >= 0.3 is 17.9 Å². The molecule has 0 rings (SSSR count). The molecule has 0 fully saturated rings. The van der Waals surface area contributed by atoms with Gasteiger partial charge in [-0.1, -0.05) is 328 Å². The Kier molecular flexibility index (Phi) is 65.8. The number of carbonyl (C=O) groups excluding carboxylic acids is 3. The topological polar surface area (TPSA) is 78.9 Å². The summed E-state index contributed by atoms with van der Waals surface area (Å²) in [6, 6.07) is 0. The Hall–Kier alpha value is -4.19. The zero-order chi connectivity index (χ0) is 59.2. The zero-order valence-corrected chi connectivity index (χ0v) is 53.7. The highest BCUT2D eigenvalue weighted by atomic mass is 16.6. The Morgan fingerprint density at radius 1 is 0.256 bits per heavy atom. The molecule has 1 atom stereocenters. The number of carbonyl (C=O) groups is 3. The van der Waals surface area contributed by atoms with Gasteiger partial charge in [0.2, 0.25) is 0 Å². The predicted molar refractivity (Wildman–Crippen MR) is 357 cm³/mol. The second-order valence-corrected chi connectivity index (χ2v) is 22.7. The molecule has 0 aliphatic rings. The molecule has 0 aliphatic carbocycles. The van der Waals surface area contributed by atoms with Crippen LogP contribution in [0.2, 0.25) is 0 Å². The SMILES string of the molecule is CC/C=C\C/C=C\C/C=C\C/C=C\C/C=C\C/C=C\CCC(=O)OC(COC(=O)CCCCCCCCCCCCCCCC)COC(=O)CCCCCCCCCCCCCCCCCCCC/C=C\C/C=C\C/C=C\C/C=C\CC. The van der Waals surface area contributed by atoms with Crippen molar-refractivity contribution in [3.8, 4) is 0 Å². The Morgan fingerprint density at radius 3 is 0.793 bits per heavy atom. The van der Waals surface area contributed by atoms with E-state index in [0.717, 1.165) is 103 Å². The van der Waals surface area contributed by atoms with Gasteiger partial charge < -0.3 is 14.2 Å². The lowest BCUT2D eigenvalue weighted by molar-refractivity contribution is -0.166. The van der Waals surface area contributed by atoms with Gasteiger partial charge in [0.05, 0.1) is 0 Å². The van der Waals surface area contributed by atoms with Crippen molar-refractivity contribution in [2.75, 3.05) is 13.2 Å². The van der Waals surface area contributed by atoms with Crippen molar-refractivity contribution >= 4 is 17.9 Å². The summed E-state index contributed by atoms with van der Waals surface area (Å²) in [5.41, 5.74) is 0. The van der Waals surface area contributed by atoms with Gasteiger partial charge in [-0.05, 0) is 96.3 Å². The summed E-state index contributed by atoms with van der Waals surface area (Å²) in [5, 5.41) is 0. The Labute approximate surface area is 507 Å². The first-order valence-corrected chi connectivity index (χ1v) is 34.5. The highest BCUT2D eigenvalue weighted by molar-refractivity contribution is 5.71. The minimum absolute atomic E-state index is 0.105. The molecule has 0 aliphatic heterocycles. The summed E-state index contributed by atoms with van der Waals surface area (Å²) in [5.74, 6) is -0.978. The van der Waals surface area contributed by atoms with Crippen LogP contribution in [0, 0.1) is 0 Å². The molecule has 0 aromatic heterocycles. The van der Waals surface area contributed by atoms with Crippen molar-refractivity contribution in [1.82, 2.24) is 0 Å². The summed E-state index contributed by atoms with van der Waals surface area (Å²) in [6.45, 7) is 6.38. The standard InChI is InChI=1S/C76H128O6/c1-4-7-10-13-16-19-22-25-28-30-32-33-34-35-36-37-38-39-40-41-42-43-45-46-48-51-54-57-60-63-66-69-75(78)81-72-73(71-80-74(77)68-65-62-59-56-53-50-27-24-21-18-15-12-9-6-3)82-76(79)70-67-64-61-58-55-52-49-47-44-31-29-26-23-20-17-14-11-8-5-2/h7-8,10-11,16-17,19-20,25-26,28-29,32-33,44,47,52,55,61,64,73H,4-6,9,12-15,18,21-24,27,30-31,34-43,45-46,48-51,53-54,56-60,62-63,65-72H2,1-3H3/b10-7-,11-8-,19-16-,20-17-,28-25-,29-26-,33-32-,47-44-,55-52-,64-61-. The number of hydrogen-bond donors (Lipinski definition) is 0. The van der Waals surface area contributed by atoms with Crippen LogP contribution < -0.4 is 0 Å². The maximum Gasteiger partial charge on any atom is 0.306 e. The Bertz CT molecular complexity index is 1690. The molecule has 6 heteroatoms. The van der Waals surface area contributed by atoms with Crippen LogP contribution in [0.4, 0.5) is 0 Å². The smallest absolute Gasteiger partial charge is 0.306 e. The molecule has 0 N–H and O–H groups in total. The van der Waals surface area contributed by atoms with Crippen molar-refractivity contribution in [2.24, 2.45) is 0 Å². The van der Waals surface area contributed by atoms with E-state index in [1.165, 1.54) is 173 Å². The van der Waals surface area contributed by atoms with Crippen LogP contribution in [0.3, 0.4) is 0 Å². The minimum atomic E-state index is -0.819. The predicted octanol–water partition coefficient (Wildman–Crippen LogP) is 23.9. The van der Waals surface area contributed by atoms with E-state index in [1.807, 2.05) is 6.08 Å². The number of ether oxygens (including phenoxy) is 3. The molecule has 468 valence electrons. The van der Waals surface area contributed by atoms with E-state index in [-0.39, 0.29) is 37.5 Å². The van der Waals surface area contributed by atoms with E-state index >= 15 is 0 Å². The van der Waals surface area contributed by atoms with Gasteiger partial charge in [-0.15, -0.1) is 0 Å². The second-order valence-electron chi connectivity index (χ2n) is 22.7. The van der Waals surface area contributed by atoms with E-state index in [9.17, 15) is 14.4 Å². The number of rotatable bonds is 62. The molecule has 0 amide bonds. The molecular weight excluding hydrogens is 1010 g/mol. The van der Waals surface area contributed by atoms with Gasteiger partial charge in [-0.2, -0.15) is 0 Å². The molecule has 0 saturated heterocycles. The van der Waals surface area contributed by atoms with Crippen molar-refractivity contribution in [3.05, 3.63) is 122 Å². The normalized spacial score (nSPS) is 12.9. The molecule has 0 radical (unpaired) electrons. The lowest BCUT2D eigenvalue weighted by Gasteiger charge is -2.18. The first kappa shape index (κ1) is 77.8. The molecule has 6 nitrogen and oxygen atoms in total. The molecule has 0 aromatic carbocycles. The van der Waals surface area contributed by atoms with Gasteiger partial charge in [0, 0.05) is 19.3 Å². The summed E-state index contributed by atoms with van der Waals surface area (Å²) < 4.78 is 16.9. The average Bonchev–Trinajstić information content (AvgIpc) is 3.47. The molecule has 0 aromatic rings. The van der Waals surface area contributed by atoms with Gasteiger partial charge in [0.1, 0.15) is 13.2 Å². The van der Waals surface area contributed by atoms with E-state index in [1.54, 1.807) is 0 Å². The molecule has 0 spiro atoms. The lowest BCUT2D eigenvalue weighted by Crippen LogP contribution is -2.30. The van der Waals surface area contributed by atoms with Crippen molar-refractivity contribution in [1.29, 1.82) is 0 Å². The highest BCUT2D eigenvalue weighted by Crippen LogP contribution is 2.17. The average molecular weight is 1140 g/mol. The molecular formula is C76H128O6. The van der Waals surface area contributed by atoms with Crippen molar-refractivity contribution in [2.45, 2.75) is 329 Å². The fourth-order valence-corrected chi connectivity index (χ4v) is 9.64. The fraction of sp³-hybridized carbons (Fsp3) is 0.697. The molecule has 1 unspecified atom stereocenters. The summed E-state index contributed by atoms with van der Waals surface area (Å²) >= 11 is 0. The van der Waals surface area contributed by atoms with Gasteiger partial charge in [0.15, 0.2) is 6.10 Å². The van der Waals surface area contributed by atoms with Gasteiger partial charge in [-0.3, -0.25) is 14.4 Å². The lowest BCUT2D eigenvalue weighted by atomic mass is 10.0. The van der Waals surface area contributed by atoms with E-state index < -0.39 is 6.10 Å². The van der Waals surface area contributed by atoms with Crippen LogP contribution in [0.25, 0.3) is 0 Å². The number of esters is 3.